The monoisotopic (exact) mass is 247 g/mol. The standard InChI is InChI=1S/C13H14FN3O/c1-2-6-15-9-13-16-12(17-18-13)8-10-4-3-5-11(14)7-10/h2-5,7,15H,1,6,8-9H2. The van der Waals surface area contributed by atoms with Crippen LogP contribution in [-0.4, -0.2) is 16.7 Å². The van der Waals surface area contributed by atoms with Crippen molar-refractivity contribution in [2.24, 2.45) is 0 Å². The van der Waals surface area contributed by atoms with Crippen LogP contribution in [0.3, 0.4) is 0 Å². The summed E-state index contributed by atoms with van der Waals surface area (Å²) in [4.78, 5) is 4.21. The maximum atomic E-state index is 13.0. The van der Waals surface area contributed by atoms with Crippen LogP contribution < -0.4 is 5.32 Å². The van der Waals surface area contributed by atoms with E-state index in [2.05, 4.69) is 22.0 Å². The van der Waals surface area contributed by atoms with Gasteiger partial charge in [-0.3, -0.25) is 0 Å². The van der Waals surface area contributed by atoms with Gasteiger partial charge in [-0.15, -0.1) is 6.58 Å². The summed E-state index contributed by atoms with van der Waals surface area (Å²) in [6, 6.07) is 6.36. The van der Waals surface area contributed by atoms with Crippen LogP contribution in [0.15, 0.2) is 41.4 Å². The molecule has 0 saturated heterocycles. The first-order valence-corrected chi connectivity index (χ1v) is 5.65. The zero-order valence-electron chi connectivity index (χ0n) is 9.90. The summed E-state index contributed by atoms with van der Waals surface area (Å²) in [5.41, 5.74) is 0.821. The minimum atomic E-state index is -0.260. The third kappa shape index (κ3) is 3.49. The lowest BCUT2D eigenvalue weighted by atomic mass is 10.1. The minimum absolute atomic E-state index is 0.260. The molecule has 1 heterocycles. The molecule has 0 unspecified atom stereocenters. The number of aromatic nitrogens is 2. The van der Waals surface area contributed by atoms with Gasteiger partial charge in [0.05, 0.1) is 6.54 Å². The van der Waals surface area contributed by atoms with Crippen molar-refractivity contribution < 1.29 is 8.91 Å². The van der Waals surface area contributed by atoms with Crippen LogP contribution >= 0.6 is 0 Å². The fourth-order valence-corrected chi connectivity index (χ4v) is 1.54. The van der Waals surface area contributed by atoms with Crippen LogP contribution in [0.25, 0.3) is 0 Å². The number of nitrogens with zero attached hydrogens (tertiary/aromatic N) is 2. The molecular weight excluding hydrogens is 233 g/mol. The molecule has 2 rings (SSSR count). The molecule has 94 valence electrons. The molecule has 2 aromatic rings. The van der Waals surface area contributed by atoms with Gasteiger partial charge in [0.2, 0.25) is 5.89 Å². The molecule has 0 aliphatic heterocycles. The molecule has 5 heteroatoms. The summed E-state index contributed by atoms with van der Waals surface area (Å²) < 4.78 is 18.1. The molecule has 0 saturated carbocycles. The molecule has 0 spiro atoms. The third-order valence-corrected chi connectivity index (χ3v) is 2.33. The van der Waals surface area contributed by atoms with Crippen molar-refractivity contribution in [3.63, 3.8) is 0 Å². The predicted octanol–water partition coefficient (Wildman–Crippen LogP) is 2.08. The van der Waals surface area contributed by atoms with E-state index in [-0.39, 0.29) is 5.82 Å². The van der Waals surface area contributed by atoms with Gasteiger partial charge in [-0.25, -0.2) is 4.39 Å². The van der Waals surface area contributed by atoms with Crippen LogP contribution in [-0.2, 0) is 13.0 Å². The van der Waals surface area contributed by atoms with Crippen LogP contribution in [0.1, 0.15) is 17.3 Å². The van der Waals surface area contributed by atoms with Crippen LogP contribution in [0.5, 0.6) is 0 Å². The van der Waals surface area contributed by atoms with Crippen molar-refractivity contribution in [3.8, 4) is 0 Å². The first-order valence-electron chi connectivity index (χ1n) is 5.65. The number of halogens is 1. The van der Waals surface area contributed by atoms with Gasteiger partial charge in [0.25, 0.3) is 0 Å². The molecule has 0 bridgehead atoms. The molecule has 0 atom stereocenters. The lowest BCUT2D eigenvalue weighted by molar-refractivity contribution is 0.366. The second kappa shape index (κ2) is 6.07. The molecule has 1 N–H and O–H groups in total. The normalized spacial score (nSPS) is 10.5. The summed E-state index contributed by atoms with van der Waals surface area (Å²) in [5.74, 6) is 0.808. The zero-order chi connectivity index (χ0) is 12.8. The average Bonchev–Trinajstić information content (AvgIpc) is 2.77. The lowest BCUT2D eigenvalue weighted by Gasteiger charge is -1.96. The van der Waals surface area contributed by atoms with Crippen molar-refractivity contribution in [1.82, 2.24) is 15.5 Å². The highest BCUT2D eigenvalue weighted by atomic mass is 19.1. The van der Waals surface area contributed by atoms with Gasteiger partial charge in [0.15, 0.2) is 5.82 Å². The Labute approximate surface area is 105 Å². The van der Waals surface area contributed by atoms with Gasteiger partial charge in [0, 0.05) is 13.0 Å². The molecule has 0 aliphatic rings. The maximum absolute atomic E-state index is 13.0. The molecule has 0 amide bonds. The number of rotatable bonds is 6. The Balaban J connectivity index is 1.96. The second-order valence-electron chi connectivity index (χ2n) is 3.83. The van der Waals surface area contributed by atoms with E-state index in [0.717, 1.165) is 5.56 Å². The SMILES string of the molecule is C=CCNCc1nc(Cc2cccc(F)c2)no1. The van der Waals surface area contributed by atoms with Crippen molar-refractivity contribution in [1.29, 1.82) is 0 Å². The summed E-state index contributed by atoms with van der Waals surface area (Å²) in [7, 11) is 0. The van der Waals surface area contributed by atoms with E-state index in [1.54, 1.807) is 12.1 Å². The number of hydrogen-bond donors (Lipinski definition) is 1. The number of hydrogen-bond acceptors (Lipinski definition) is 4. The Bertz CT molecular complexity index is 524. The van der Waals surface area contributed by atoms with Gasteiger partial charge in [-0.2, -0.15) is 4.98 Å². The van der Waals surface area contributed by atoms with Gasteiger partial charge in [-0.05, 0) is 17.7 Å². The smallest absolute Gasteiger partial charge is 0.240 e. The van der Waals surface area contributed by atoms with Gasteiger partial charge in [-0.1, -0.05) is 23.4 Å². The molecular formula is C13H14FN3O. The Morgan fingerprint density at radius 2 is 2.33 bits per heavy atom. The van der Waals surface area contributed by atoms with Crippen LogP contribution in [0, 0.1) is 5.82 Å². The maximum Gasteiger partial charge on any atom is 0.240 e. The zero-order valence-corrected chi connectivity index (χ0v) is 9.90. The molecule has 4 nitrogen and oxygen atoms in total. The Kier molecular flexibility index (Phi) is 4.20. The van der Waals surface area contributed by atoms with E-state index >= 15 is 0 Å². The van der Waals surface area contributed by atoms with Crippen molar-refractivity contribution in [2.45, 2.75) is 13.0 Å². The fraction of sp³-hybridized carbons (Fsp3) is 0.231. The first kappa shape index (κ1) is 12.4. The van der Waals surface area contributed by atoms with E-state index in [1.165, 1.54) is 12.1 Å². The topological polar surface area (TPSA) is 51.0 Å². The molecule has 1 aromatic carbocycles. The van der Waals surface area contributed by atoms with Gasteiger partial charge >= 0.3 is 0 Å². The van der Waals surface area contributed by atoms with E-state index in [9.17, 15) is 4.39 Å². The quantitative estimate of drug-likeness (QED) is 0.627. The fourth-order valence-electron chi connectivity index (χ4n) is 1.54. The summed E-state index contributed by atoms with van der Waals surface area (Å²) >= 11 is 0. The number of benzene rings is 1. The summed E-state index contributed by atoms with van der Waals surface area (Å²) in [5, 5.41) is 6.91. The van der Waals surface area contributed by atoms with Crippen LogP contribution in [0.4, 0.5) is 4.39 Å². The largest absolute Gasteiger partial charge is 0.338 e. The molecule has 0 radical (unpaired) electrons. The highest BCUT2D eigenvalue weighted by Crippen LogP contribution is 2.08. The molecule has 18 heavy (non-hydrogen) atoms. The lowest BCUT2D eigenvalue weighted by Crippen LogP contribution is -2.12. The molecule has 0 fully saturated rings. The predicted molar refractivity (Wildman–Crippen MR) is 65.4 cm³/mol. The minimum Gasteiger partial charge on any atom is -0.338 e. The Morgan fingerprint density at radius 1 is 1.44 bits per heavy atom. The third-order valence-electron chi connectivity index (χ3n) is 2.33. The van der Waals surface area contributed by atoms with E-state index in [1.807, 2.05) is 6.07 Å². The second-order valence-corrected chi connectivity index (χ2v) is 3.83. The Morgan fingerprint density at radius 3 is 3.11 bits per heavy atom. The summed E-state index contributed by atoms with van der Waals surface area (Å²) in [6.45, 7) is 4.78. The highest BCUT2D eigenvalue weighted by Gasteiger charge is 2.06. The van der Waals surface area contributed by atoms with E-state index in [0.29, 0.717) is 31.2 Å². The highest BCUT2D eigenvalue weighted by molar-refractivity contribution is 5.19. The van der Waals surface area contributed by atoms with Crippen molar-refractivity contribution in [3.05, 3.63) is 60.0 Å². The van der Waals surface area contributed by atoms with Crippen molar-refractivity contribution >= 4 is 0 Å². The molecule has 1 aromatic heterocycles. The average molecular weight is 247 g/mol. The Hall–Kier alpha value is -2.01. The van der Waals surface area contributed by atoms with Gasteiger partial charge < -0.3 is 9.84 Å². The first-order chi connectivity index (χ1) is 8.78. The van der Waals surface area contributed by atoms with Gasteiger partial charge in [0.1, 0.15) is 5.82 Å². The molecule has 0 aliphatic carbocycles. The van der Waals surface area contributed by atoms with E-state index < -0.39 is 0 Å². The number of nitrogens with one attached hydrogen (secondary N) is 1. The van der Waals surface area contributed by atoms with Crippen molar-refractivity contribution in [2.75, 3.05) is 6.54 Å². The summed E-state index contributed by atoms with van der Waals surface area (Å²) in [6.07, 6.45) is 2.22. The van der Waals surface area contributed by atoms with E-state index in [4.69, 9.17) is 4.52 Å². The van der Waals surface area contributed by atoms with Crippen LogP contribution in [0.2, 0.25) is 0 Å².